The van der Waals surface area contributed by atoms with Crippen molar-refractivity contribution in [1.29, 1.82) is 0 Å². The molecule has 1 aliphatic rings. The van der Waals surface area contributed by atoms with Gasteiger partial charge in [0.1, 0.15) is 5.03 Å². The van der Waals surface area contributed by atoms with Gasteiger partial charge in [0.25, 0.3) is 5.91 Å². The van der Waals surface area contributed by atoms with Crippen LogP contribution in [-0.2, 0) is 9.53 Å². The van der Waals surface area contributed by atoms with Crippen LogP contribution in [0.1, 0.15) is 6.92 Å². The Balaban J connectivity index is 1.40. The van der Waals surface area contributed by atoms with Crippen molar-refractivity contribution in [2.24, 2.45) is 0 Å². The van der Waals surface area contributed by atoms with Gasteiger partial charge < -0.3 is 20.3 Å². The summed E-state index contributed by atoms with van der Waals surface area (Å²) in [5.41, 5.74) is 2.79. The lowest BCUT2D eigenvalue weighted by Crippen LogP contribution is -2.36. The zero-order chi connectivity index (χ0) is 22.2. The van der Waals surface area contributed by atoms with E-state index >= 15 is 0 Å². The lowest BCUT2D eigenvalue weighted by Gasteiger charge is -2.29. The number of morpholine rings is 1. The van der Waals surface area contributed by atoms with E-state index in [9.17, 15) is 4.79 Å². The number of carbonyl (C=O) groups is 1. The molecule has 1 aromatic heterocycles. The molecule has 7 nitrogen and oxygen atoms in total. The number of aromatic nitrogens is 2. The SMILES string of the molecule is CC#CC(=O)Nc1ccc(Sc2ccnc(Nc3cccc(N4CCOCC4)c3)n2)cc1. The van der Waals surface area contributed by atoms with Crippen molar-refractivity contribution >= 4 is 40.7 Å². The average molecular weight is 446 g/mol. The second-order valence-corrected chi connectivity index (χ2v) is 8.04. The Morgan fingerprint density at radius 3 is 2.69 bits per heavy atom. The van der Waals surface area contributed by atoms with Crippen LogP contribution in [0.4, 0.5) is 23.0 Å². The van der Waals surface area contributed by atoms with Gasteiger partial charge in [0.05, 0.1) is 13.2 Å². The average Bonchev–Trinajstić information content (AvgIpc) is 2.82. The molecule has 2 N–H and O–H groups in total. The molecule has 4 rings (SSSR count). The molecule has 0 radical (unpaired) electrons. The number of ether oxygens (including phenoxy) is 1. The zero-order valence-electron chi connectivity index (χ0n) is 17.7. The van der Waals surface area contributed by atoms with E-state index in [1.165, 1.54) is 11.8 Å². The van der Waals surface area contributed by atoms with Crippen LogP contribution in [0.5, 0.6) is 0 Å². The van der Waals surface area contributed by atoms with Crippen molar-refractivity contribution in [2.45, 2.75) is 16.8 Å². The summed E-state index contributed by atoms with van der Waals surface area (Å²) in [6.45, 7) is 4.91. The number of amides is 1. The van der Waals surface area contributed by atoms with Gasteiger partial charge in [-0.05, 0) is 61.4 Å². The summed E-state index contributed by atoms with van der Waals surface area (Å²) in [6.07, 6.45) is 1.74. The topological polar surface area (TPSA) is 79.4 Å². The molecule has 0 atom stereocenters. The number of nitrogens with one attached hydrogen (secondary N) is 2. The highest BCUT2D eigenvalue weighted by Gasteiger charge is 2.12. The van der Waals surface area contributed by atoms with Crippen molar-refractivity contribution in [2.75, 3.05) is 41.8 Å². The zero-order valence-corrected chi connectivity index (χ0v) is 18.5. The van der Waals surface area contributed by atoms with Crippen LogP contribution >= 0.6 is 11.8 Å². The van der Waals surface area contributed by atoms with Crippen LogP contribution in [-0.4, -0.2) is 42.2 Å². The number of carbonyl (C=O) groups excluding carboxylic acids is 1. The predicted octanol–water partition coefficient (Wildman–Crippen LogP) is 4.17. The summed E-state index contributed by atoms with van der Waals surface area (Å²) in [4.78, 5) is 23.8. The van der Waals surface area contributed by atoms with Crippen molar-refractivity contribution in [3.05, 3.63) is 60.8 Å². The van der Waals surface area contributed by atoms with E-state index in [2.05, 4.69) is 49.5 Å². The number of hydrogen-bond donors (Lipinski definition) is 2. The summed E-state index contributed by atoms with van der Waals surface area (Å²) < 4.78 is 5.44. The highest BCUT2D eigenvalue weighted by Crippen LogP contribution is 2.28. The molecule has 0 spiro atoms. The molecular weight excluding hydrogens is 422 g/mol. The maximum atomic E-state index is 11.6. The van der Waals surface area contributed by atoms with Gasteiger partial charge in [0.2, 0.25) is 5.95 Å². The first-order chi connectivity index (χ1) is 15.7. The van der Waals surface area contributed by atoms with Crippen LogP contribution in [0, 0.1) is 11.8 Å². The lowest BCUT2D eigenvalue weighted by molar-refractivity contribution is -0.111. The first kappa shape index (κ1) is 21.7. The second kappa shape index (κ2) is 10.7. The molecule has 1 amide bonds. The Morgan fingerprint density at radius 2 is 1.91 bits per heavy atom. The number of hydrogen-bond acceptors (Lipinski definition) is 7. The first-order valence-electron chi connectivity index (χ1n) is 10.2. The van der Waals surface area contributed by atoms with E-state index in [0.717, 1.165) is 47.6 Å². The van der Waals surface area contributed by atoms with Gasteiger partial charge >= 0.3 is 0 Å². The summed E-state index contributed by atoms with van der Waals surface area (Å²) in [5.74, 6) is 5.26. The third kappa shape index (κ3) is 6.00. The summed E-state index contributed by atoms with van der Waals surface area (Å²) in [5, 5.41) is 6.85. The highest BCUT2D eigenvalue weighted by molar-refractivity contribution is 7.99. The summed E-state index contributed by atoms with van der Waals surface area (Å²) >= 11 is 1.52. The monoisotopic (exact) mass is 445 g/mol. The van der Waals surface area contributed by atoms with Gasteiger partial charge in [-0.15, -0.1) is 0 Å². The van der Waals surface area contributed by atoms with Gasteiger partial charge in [-0.1, -0.05) is 23.7 Å². The third-order valence-corrected chi connectivity index (χ3v) is 5.63. The van der Waals surface area contributed by atoms with Gasteiger partial charge in [0, 0.05) is 41.2 Å². The molecule has 0 aliphatic carbocycles. The Labute approximate surface area is 191 Å². The molecule has 1 fully saturated rings. The molecule has 3 aromatic rings. The molecule has 2 aromatic carbocycles. The van der Waals surface area contributed by atoms with E-state index in [1.807, 2.05) is 42.5 Å². The van der Waals surface area contributed by atoms with Crippen LogP contribution in [0.25, 0.3) is 0 Å². The number of anilines is 4. The van der Waals surface area contributed by atoms with Crippen molar-refractivity contribution in [3.63, 3.8) is 0 Å². The standard InChI is InChI=1S/C24H23N5O2S/c1-2-4-22(30)26-18-7-9-21(10-8-18)32-23-11-12-25-24(28-23)27-19-5-3-6-20(17-19)29-13-15-31-16-14-29/h3,5-12,17H,13-16H2,1H3,(H,26,30)(H,25,27,28). The molecule has 0 bridgehead atoms. The van der Waals surface area contributed by atoms with E-state index in [0.29, 0.717) is 11.6 Å². The quantitative estimate of drug-likeness (QED) is 0.435. The molecule has 8 heteroatoms. The van der Waals surface area contributed by atoms with Gasteiger partial charge in [-0.2, -0.15) is 0 Å². The van der Waals surface area contributed by atoms with E-state index in [4.69, 9.17) is 4.74 Å². The van der Waals surface area contributed by atoms with Crippen LogP contribution in [0.15, 0.2) is 70.7 Å². The Morgan fingerprint density at radius 1 is 1.09 bits per heavy atom. The summed E-state index contributed by atoms with van der Waals surface area (Å²) in [6, 6.07) is 17.6. The molecule has 32 heavy (non-hydrogen) atoms. The highest BCUT2D eigenvalue weighted by atomic mass is 32.2. The fourth-order valence-electron chi connectivity index (χ4n) is 3.19. The third-order valence-electron chi connectivity index (χ3n) is 4.68. The molecule has 1 aliphatic heterocycles. The minimum Gasteiger partial charge on any atom is -0.378 e. The van der Waals surface area contributed by atoms with Gasteiger partial charge in [-0.25, -0.2) is 9.97 Å². The van der Waals surface area contributed by atoms with Crippen LogP contribution in [0.3, 0.4) is 0 Å². The minimum atomic E-state index is -0.322. The van der Waals surface area contributed by atoms with Gasteiger partial charge in [0.15, 0.2) is 0 Å². The van der Waals surface area contributed by atoms with Crippen molar-refractivity contribution < 1.29 is 9.53 Å². The molecule has 2 heterocycles. The molecule has 0 saturated carbocycles. The normalized spacial score (nSPS) is 13.1. The van der Waals surface area contributed by atoms with Gasteiger partial charge in [-0.3, -0.25) is 4.79 Å². The molecule has 162 valence electrons. The van der Waals surface area contributed by atoms with Crippen molar-refractivity contribution in [3.8, 4) is 11.8 Å². The maximum absolute atomic E-state index is 11.6. The Kier molecular flexibility index (Phi) is 7.23. The number of rotatable bonds is 6. The van der Waals surface area contributed by atoms with Crippen LogP contribution < -0.4 is 15.5 Å². The largest absolute Gasteiger partial charge is 0.378 e. The fourth-order valence-corrected chi connectivity index (χ4v) is 3.97. The predicted molar refractivity (Wildman–Crippen MR) is 127 cm³/mol. The minimum absolute atomic E-state index is 0.322. The maximum Gasteiger partial charge on any atom is 0.300 e. The Bertz CT molecular complexity index is 1130. The van der Waals surface area contributed by atoms with E-state index in [1.54, 1.807) is 13.1 Å². The van der Waals surface area contributed by atoms with E-state index in [-0.39, 0.29) is 5.91 Å². The van der Waals surface area contributed by atoms with Crippen LogP contribution in [0.2, 0.25) is 0 Å². The lowest BCUT2D eigenvalue weighted by atomic mass is 10.2. The fraction of sp³-hybridized carbons (Fsp3) is 0.208. The second-order valence-electron chi connectivity index (χ2n) is 6.95. The van der Waals surface area contributed by atoms with E-state index < -0.39 is 0 Å². The number of benzene rings is 2. The Hall–Kier alpha value is -3.54. The summed E-state index contributed by atoms with van der Waals surface area (Å²) in [7, 11) is 0. The number of nitrogens with zero attached hydrogens (tertiary/aromatic N) is 3. The first-order valence-corrected chi connectivity index (χ1v) is 11.1. The smallest absolute Gasteiger partial charge is 0.300 e. The molecule has 0 unspecified atom stereocenters. The molecule has 1 saturated heterocycles. The van der Waals surface area contributed by atoms with Crippen molar-refractivity contribution in [1.82, 2.24) is 9.97 Å². The molecular formula is C24H23N5O2S.